The Morgan fingerprint density at radius 1 is 0.905 bits per heavy atom. The Labute approximate surface area is 133 Å². The number of imidazole rings is 1. The van der Waals surface area contributed by atoms with E-state index in [0.717, 1.165) is 0 Å². The third-order valence-corrected chi connectivity index (χ3v) is 6.95. The summed E-state index contributed by atoms with van der Waals surface area (Å²) in [5.41, 5.74) is 1.31. The van der Waals surface area contributed by atoms with Gasteiger partial charge in [-0.25, -0.2) is 0 Å². The average Bonchev–Trinajstić information content (AvgIpc) is 3.12. The average molecular weight is 355 g/mol. The Morgan fingerprint density at radius 3 is 2.38 bits per heavy atom. The van der Waals surface area contributed by atoms with Gasteiger partial charge in [-0.3, -0.25) is 0 Å². The topological polar surface area (TPSA) is 17.3 Å². The molecule has 0 amide bonds. The molecular formula is C17H12N2SSe. The van der Waals surface area contributed by atoms with E-state index in [-0.39, 0.29) is 14.5 Å². The van der Waals surface area contributed by atoms with Crippen molar-refractivity contribution in [1.29, 1.82) is 0 Å². The number of fused-ring (bicyclic) bond motifs is 1. The van der Waals surface area contributed by atoms with Gasteiger partial charge in [-0.2, -0.15) is 0 Å². The minimum absolute atomic E-state index is 0.266. The van der Waals surface area contributed by atoms with Gasteiger partial charge in [-0.05, 0) is 0 Å². The van der Waals surface area contributed by atoms with Crippen molar-refractivity contribution in [3.8, 4) is 10.0 Å². The fourth-order valence-electron chi connectivity index (χ4n) is 2.23. The van der Waals surface area contributed by atoms with Gasteiger partial charge < -0.3 is 0 Å². The van der Waals surface area contributed by atoms with Crippen molar-refractivity contribution < 1.29 is 0 Å². The molecule has 2 aromatic heterocycles. The Kier molecular flexibility index (Phi) is 3.44. The van der Waals surface area contributed by atoms with Crippen LogP contribution in [0.5, 0.6) is 0 Å². The van der Waals surface area contributed by atoms with E-state index in [1.165, 1.54) is 24.4 Å². The van der Waals surface area contributed by atoms with Gasteiger partial charge in [0.15, 0.2) is 0 Å². The first-order chi connectivity index (χ1) is 10.4. The first kappa shape index (κ1) is 13.0. The number of aromatic nitrogens is 2. The van der Waals surface area contributed by atoms with Crippen LogP contribution in [-0.4, -0.2) is 23.9 Å². The summed E-state index contributed by atoms with van der Waals surface area (Å²) >= 11 is 2.09. The monoisotopic (exact) mass is 356 g/mol. The van der Waals surface area contributed by atoms with E-state index in [2.05, 4.69) is 76.2 Å². The quantitative estimate of drug-likeness (QED) is 0.512. The number of benzene rings is 2. The SMILES string of the molecule is c1ccc(Sc2c(-c3ccccc3)[se]c3nccn23)cc1. The van der Waals surface area contributed by atoms with Gasteiger partial charge in [0.2, 0.25) is 0 Å². The molecule has 0 saturated carbocycles. The van der Waals surface area contributed by atoms with Crippen molar-refractivity contribution in [2.75, 3.05) is 0 Å². The van der Waals surface area contributed by atoms with Gasteiger partial charge in [-0.1, -0.05) is 0 Å². The first-order valence-corrected chi connectivity index (χ1v) is 9.19. The normalized spacial score (nSPS) is 11.0. The zero-order valence-electron chi connectivity index (χ0n) is 11.1. The van der Waals surface area contributed by atoms with E-state index in [1.807, 2.05) is 18.0 Å². The standard InChI is InChI=1S/C17H12N2SSe/c1-3-7-13(8-4-1)15-16(19-12-11-18-17(19)21-15)20-14-9-5-2-6-10-14/h1-12H. The van der Waals surface area contributed by atoms with Crippen LogP contribution in [0.4, 0.5) is 0 Å². The van der Waals surface area contributed by atoms with Crippen LogP contribution in [0.3, 0.4) is 0 Å². The number of hydrogen-bond donors (Lipinski definition) is 0. The molecule has 4 aromatic rings. The zero-order valence-corrected chi connectivity index (χ0v) is 13.7. The molecule has 21 heavy (non-hydrogen) atoms. The van der Waals surface area contributed by atoms with Gasteiger partial charge in [0.1, 0.15) is 0 Å². The van der Waals surface area contributed by atoms with Crippen LogP contribution in [0.15, 0.2) is 83.0 Å². The Balaban J connectivity index is 1.87. The summed E-state index contributed by atoms with van der Waals surface area (Å²) in [6.45, 7) is 0. The second kappa shape index (κ2) is 5.57. The van der Waals surface area contributed by atoms with Crippen LogP contribution < -0.4 is 0 Å². The summed E-state index contributed by atoms with van der Waals surface area (Å²) in [5.74, 6) is 0. The fourth-order valence-corrected chi connectivity index (χ4v) is 5.88. The molecule has 2 heterocycles. The van der Waals surface area contributed by atoms with E-state index >= 15 is 0 Å². The van der Waals surface area contributed by atoms with E-state index < -0.39 is 0 Å². The summed E-state index contributed by atoms with van der Waals surface area (Å²) in [7, 11) is 0. The Bertz CT molecular complexity index is 866. The fraction of sp³-hybridized carbons (Fsp3) is 0. The molecule has 0 atom stereocenters. The van der Waals surface area contributed by atoms with Crippen LogP contribution in [0.25, 0.3) is 14.5 Å². The van der Waals surface area contributed by atoms with Crippen molar-refractivity contribution in [2.24, 2.45) is 0 Å². The maximum absolute atomic E-state index is 4.50. The summed E-state index contributed by atoms with van der Waals surface area (Å²) in [4.78, 5) is 5.76. The molecular weight excluding hydrogens is 343 g/mol. The molecule has 0 aliphatic carbocycles. The number of rotatable bonds is 3. The first-order valence-electron chi connectivity index (χ1n) is 6.66. The van der Waals surface area contributed by atoms with Crippen molar-refractivity contribution in [2.45, 2.75) is 9.92 Å². The third kappa shape index (κ3) is 2.46. The summed E-state index contributed by atoms with van der Waals surface area (Å²) in [5, 5.41) is 1.29. The zero-order chi connectivity index (χ0) is 14.1. The van der Waals surface area contributed by atoms with Gasteiger partial charge in [0.05, 0.1) is 0 Å². The van der Waals surface area contributed by atoms with E-state index in [4.69, 9.17) is 0 Å². The predicted octanol–water partition coefficient (Wildman–Crippen LogP) is 4.21. The maximum atomic E-state index is 4.50. The van der Waals surface area contributed by atoms with Gasteiger partial charge in [0.25, 0.3) is 0 Å². The van der Waals surface area contributed by atoms with Crippen molar-refractivity contribution >= 4 is 30.8 Å². The minimum atomic E-state index is 0.266. The summed E-state index contributed by atoms with van der Waals surface area (Å²) in [6, 6.07) is 21.2. The molecule has 4 rings (SSSR count). The third-order valence-electron chi connectivity index (χ3n) is 3.21. The Hall–Kier alpha value is -1.74. The molecule has 0 saturated heterocycles. The van der Waals surface area contributed by atoms with Crippen LogP contribution >= 0.6 is 11.8 Å². The predicted molar refractivity (Wildman–Crippen MR) is 88.1 cm³/mol. The molecule has 4 heteroatoms. The molecule has 0 fully saturated rings. The van der Waals surface area contributed by atoms with E-state index in [0.29, 0.717) is 0 Å². The van der Waals surface area contributed by atoms with Gasteiger partial charge >= 0.3 is 133 Å². The molecule has 2 aromatic carbocycles. The second-order valence-corrected chi connectivity index (χ2v) is 7.71. The molecule has 0 aliphatic rings. The van der Waals surface area contributed by atoms with E-state index in [1.54, 1.807) is 0 Å². The number of nitrogens with zero attached hydrogens (tertiary/aromatic N) is 2. The molecule has 0 spiro atoms. The van der Waals surface area contributed by atoms with Crippen LogP contribution in [-0.2, 0) is 0 Å². The molecule has 0 unspecified atom stereocenters. The van der Waals surface area contributed by atoms with Crippen molar-refractivity contribution in [3.05, 3.63) is 73.1 Å². The van der Waals surface area contributed by atoms with Crippen LogP contribution in [0, 0.1) is 0 Å². The van der Waals surface area contributed by atoms with E-state index in [9.17, 15) is 0 Å². The second-order valence-electron chi connectivity index (χ2n) is 4.60. The molecule has 0 aliphatic heterocycles. The van der Waals surface area contributed by atoms with Gasteiger partial charge in [-0.15, -0.1) is 0 Å². The molecule has 0 radical (unpaired) electrons. The molecule has 102 valence electrons. The van der Waals surface area contributed by atoms with Crippen LogP contribution in [0.1, 0.15) is 0 Å². The molecule has 0 bridgehead atoms. The van der Waals surface area contributed by atoms with Crippen LogP contribution in [0.2, 0.25) is 0 Å². The summed E-state index contributed by atoms with van der Waals surface area (Å²) in [6.07, 6.45) is 3.96. The summed E-state index contributed by atoms with van der Waals surface area (Å²) < 4.78 is 4.83. The number of hydrogen-bond acceptors (Lipinski definition) is 2. The van der Waals surface area contributed by atoms with Crippen molar-refractivity contribution in [3.63, 3.8) is 0 Å². The molecule has 0 N–H and O–H groups in total. The van der Waals surface area contributed by atoms with Crippen molar-refractivity contribution in [1.82, 2.24) is 9.38 Å². The Morgan fingerprint density at radius 2 is 1.62 bits per heavy atom. The molecule has 2 nitrogen and oxygen atoms in total. The van der Waals surface area contributed by atoms with Gasteiger partial charge in [0, 0.05) is 0 Å².